The first-order valence-electron chi connectivity index (χ1n) is 4.24. The van der Waals surface area contributed by atoms with Crippen LogP contribution in [0, 0.1) is 0 Å². The van der Waals surface area contributed by atoms with Crippen molar-refractivity contribution in [2.45, 2.75) is 0 Å². The van der Waals surface area contributed by atoms with Crippen molar-refractivity contribution in [3.05, 3.63) is 36.5 Å². The molecule has 2 nitrogen and oxygen atoms in total. The SMILES string of the molecule is COc1cccc2ccc[n+](C)c12. The molecule has 0 atom stereocenters. The Morgan fingerprint density at radius 2 is 1.92 bits per heavy atom. The number of fused-ring (bicyclic) bond motifs is 1. The third-order valence-corrected chi connectivity index (χ3v) is 2.19. The average molecular weight is 174 g/mol. The summed E-state index contributed by atoms with van der Waals surface area (Å²) in [4.78, 5) is 0. The number of pyridine rings is 1. The second-order valence-electron chi connectivity index (χ2n) is 3.02. The second-order valence-corrected chi connectivity index (χ2v) is 3.02. The lowest BCUT2D eigenvalue weighted by Gasteiger charge is -2.01. The Bertz CT molecular complexity index is 432. The molecule has 0 saturated heterocycles. The molecule has 1 aromatic carbocycles. The molecule has 0 aliphatic heterocycles. The fourth-order valence-electron chi connectivity index (χ4n) is 1.57. The molecule has 0 bridgehead atoms. The first-order valence-corrected chi connectivity index (χ1v) is 4.24. The Hall–Kier alpha value is -1.57. The monoisotopic (exact) mass is 174 g/mol. The Kier molecular flexibility index (Phi) is 1.89. The lowest BCUT2D eigenvalue weighted by Crippen LogP contribution is -2.28. The van der Waals surface area contributed by atoms with Gasteiger partial charge in [-0.2, -0.15) is 4.57 Å². The molecule has 0 fully saturated rings. The van der Waals surface area contributed by atoms with Gasteiger partial charge in [0.25, 0.3) is 5.52 Å². The number of ether oxygens (including phenoxy) is 1. The van der Waals surface area contributed by atoms with Gasteiger partial charge in [0.15, 0.2) is 11.9 Å². The highest BCUT2D eigenvalue weighted by Gasteiger charge is 2.09. The number of methoxy groups -OCH3 is 1. The van der Waals surface area contributed by atoms with E-state index in [1.165, 1.54) is 5.39 Å². The van der Waals surface area contributed by atoms with Crippen molar-refractivity contribution < 1.29 is 9.30 Å². The number of benzene rings is 1. The van der Waals surface area contributed by atoms with E-state index in [2.05, 4.69) is 16.7 Å². The predicted molar refractivity (Wildman–Crippen MR) is 51.7 cm³/mol. The Morgan fingerprint density at radius 3 is 2.69 bits per heavy atom. The minimum atomic E-state index is 0.917. The summed E-state index contributed by atoms with van der Waals surface area (Å²) in [7, 11) is 3.71. The van der Waals surface area contributed by atoms with Crippen LogP contribution in [0.25, 0.3) is 10.9 Å². The summed E-state index contributed by atoms with van der Waals surface area (Å²) in [5.41, 5.74) is 1.13. The number of para-hydroxylation sites is 1. The maximum Gasteiger partial charge on any atom is 0.254 e. The van der Waals surface area contributed by atoms with Crippen molar-refractivity contribution in [2.75, 3.05) is 7.11 Å². The molecule has 0 aliphatic carbocycles. The van der Waals surface area contributed by atoms with Crippen LogP contribution in [0.4, 0.5) is 0 Å². The van der Waals surface area contributed by atoms with E-state index < -0.39 is 0 Å². The number of nitrogens with zero attached hydrogens (tertiary/aromatic N) is 1. The third-order valence-electron chi connectivity index (χ3n) is 2.19. The predicted octanol–water partition coefficient (Wildman–Crippen LogP) is 1.67. The molecular formula is C11H12NO+. The van der Waals surface area contributed by atoms with E-state index in [9.17, 15) is 0 Å². The Balaban J connectivity index is 2.87. The van der Waals surface area contributed by atoms with E-state index in [0.717, 1.165) is 11.3 Å². The Morgan fingerprint density at radius 1 is 1.15 bits per heavy atom. The molecular weight excluding hydrogens is 162 g/mol. The van der Waals surface area contributed by atoms with Crippen molar-refractivity contribution in [1.29, 1.82) is 0 Å². The smallest absolute Gasteiger partial charge is 0.254 e. The molecule has 1 aromatic heterocycles. The van der Waals surface area contributed by atoms with Gasteiger partial charge < -0.3 is 4.74 Å². The molecule has 66 valence electrons. The highest BCUT2D eigenvalue weighted by atomic mass is 16.5. The zero-order valence-corrected chi connectivity index (χ0v) is 7.82. The van der Waals surface area contributed by atoms with Crippen LogP contribution < -0.4 is 9.30 Å². The fourth-order valence-corrected chi connectivity index (χ4v) is 1.57. The number of rotatable bonds is 1. The number of hydrogen-bond acceptors (Lipinski definition) is 1. The lowest BCUT2D eigenvalue weighted by molar-refractivity contribution is -0.645. The van der Waals surface area contributed by atoms with Crippen LogP contribution in [0.3, 0.4) is 0 Å². The van der Waals surface area contributed by atoms with E-state index in [1.54, 1.807) is 7.11 Å². The number of aromatic nitrogens is 1. The van der Waals surface area contributed by atoms with Gasteiger partial charge in [-0.05, 0) is 18.2 Å². The molecule has 2 aromatic rings. The van der Waals surface area contributed by atoms with E-state index in [1.807, 2.05) is 31.4 Å². The minimum absolute atomic E-state index is 0.917. The zero-order chi connectivity index (χ0) is 9.26. The summed E-state index contributed by atoms with van der Waals surface area (Å²) in [5, 5.41) is 1.20. The largest absolute Gasteiger partial charge is 0.490 e. The molecule has 0 saturated carbocycles. The summed E-state index contributed by atoms with van der Waals surface area (Å²) in [6, 6.07) is 10.2. The first kappa shape index (κ1) is 8.05. The molecule has 0 aliphatic rings. The van der Waals surface area contributed by atoms with Crippen LogP contribution in [0.15, 0.2) is 36.5 Å². The van der Waals surface area contributed by atoms with E-state index in [4.69, 9.17) is 4.74 Å². The van der Waals surface area contributed by atoms with Crippen LogP contribution in [0.1, 0.15) is 0 Å². The van der Waals surface area contributed by atoms with Crippen molar-refractivity contribution in [2.24, 2.45) is 7.05 Å². The molecule has 0 amide bonds. The summed E-state index contributed by atoms with van der Waals surface area (Å²) in [5.74, 6) is 0.917. The highest BCUT2D eigenvalue weighted by Crippen LogP contribution is 2.20. The normalized spacial score (nSPS) is 10.3. The van der Waals surface area contributed by atoms with Gasteiger partial charge in [0.1, 0.15) is 7.05 Å². The molecule has 2 heteroatoms. The lowest BCUT2D eigenvalue weighted by atomic mass is 10.2. The van der Waals surface area contributed by atoms with Crippen LogP contribution >= 0.6 is 0 Å². The molecule has 0 radical (unpaired) electrons. The van der Waals surface area contributed by atoms with Gasteiger partial charge >= 0.3 is 0 Å². The average Bonchev–Trinajstić information content (AvgIpc) is 2.17. The fraction of sp³-hybridized carbons (Fsp3) is 0.182. The highest BCUT2D eigenvalue weighted by molar-refractivity contribution is 5.81. The summed E-state index contributed by atoms with van der Waals surface area (Å²) >= 11 is 0. The molecule has 0 spiro atoms. The van der Waals surface area contributed by atoms with Gasteiger partial charge in [-0.25, -0.2) is 0 Å². The van der Waals surface area contributed by atoms with Crippen molar-refractivity contribution in [1.82, 2.24) is 0 Å². The van der Waals surface area contributed by atoms with Gasteiger partial charge in [-0.1, -0.05) is 6.07 Å². The summed E-state index contributed by atoms with van der Waals surface area (Å²) in [6.45, 7) is 0. The number of aryl methyl sites for hydroxylation is 1. The Labute approximate surface area is 77.4 Å². The summed E-state index contributed by atoms with van der Waals surface area (Å²) in [6.07, 6.45) is 2.02. The molecule has 0 N–H and O–H groups in total. The number of hydrogen-bond donors (Lipinski definition) is 0. The van der Waals surface area contributed by atoms with Crippen LogP contribution in [0.5, 0.6) is 5.75 Å². The summed E-state index contributed by atoms with van der Waals surface area (Å²) < 4.78 is 7.35. The van der Waals surface area contributed by atoms with Gasteiger partial charge in [-0.15, -0.1) is 0 Å². The van der Waals surface area contributed by atoms with Crippen LogP contribution in [-0.2, 0) is 7.05 Å². The van der Waals surface area contributed by atoms with Crippen molar-refractivity contribution in [3.8, 4) is 5.75 Å². The standard InChI is InChI=1S/C11H12NO/c1-12-8-4-6-9-5-3-7-10(13-2)11(9)12/h3-8H,1-2H3/q+1. The van der Waals surface area contributed by atoms with Crippen LogP contribution in [-0.4, -0.2) is 7.11 Å². The van der Waals surface area contributed by atoms with Crippen molar-refractivity contribution in [3.63, 3.8) is 0 Å². The maximum atomic E-state index is 5.29. The van der Waals surface area contributed by atoms with Gasteiger partial charge in [0.05, 0.1) is 12.5 Å². The maximum absolute atomic E-state index is 5.29. The van der Waals surface area contributed by atoms with E-state index >= 15 is 0 Å². The second kappa shape index (κ2) is 3.05. The molecule has 2 rings (SSSR count). The van der Waals surface area contributed by atoms with Crippen molar-refractivity contribution >= 4 is 10.9 Å². The topological polar surface area (TPSA) is 13.1 Å². The molecule has 13 heavy (non-hydrogen) atoms. The van der Waals surface area contributed by atoms with Crippen LogP contribution in [0.2, 0.25) is 0 Å². The molecule has 1 heterocycles. The van der Waals surface area contributed by atoms with Gasteiger partial charge in [-0.3, -0.25) is 0 Å². The quantitative estimate of drug-likeness (QED) is 0.599. The zero-order valence-electron chi connectivity index (χ0n) is 7.82. The first-order chi connectivity index (χ1) is 6.33. The van der Waals surface area contributed by atoms with Gasteiger partial charge in [0.2, 0.25) is 0 Å². The van der Waals surface area contributed by atoms with E-state index in [-0.39, 0.29) is 0 Å². The molecule has 0 unspecified atom stereocenters. The van der Waals surface area contributed by atoms with E-state index in [0.29, 0.717) is 0 Å². The minimum Gasteiger partial charge on any atom is -0.490 e. The third kappa shape index (κ3) is 1.24. The van der Waals surface area contributed by atoms with Gasteiger partial charge in [0, 0.05) is 6.07 Å².